The van der Waals surface area contributed by atoms with E-state index in [0.29, 0.717) is 43.7 Å². The van der Waals surface area contributed by atoms with E-state index in [9.17, 15) is 24.5 Å². The Morgan fingerprint density at radius 1 is 1.19 bits per heavy atom. The molecule has 0 spiro atoms. The number of aryl methyl sites for hydroxylation is 1. The first-order valence-electron chi connectivity index (χ1n) is 11.0. The van der Waals surface area contributed by atoms with E-state index in [2.05, 4.69) is 5.32 Å². The lowest BCUT2D eigenvalue weighted by Crippen LogP contribution is -2.52. The first-order valence-corrected chi connectivity index (χ1v) is 11.0. The van der Waals surface area contributed by atoms with Crippen LogP contribution in [0.4, 0.5) is 5.69 Å². The number of rotatable bonds is 6. The smallest absolute Gasteiger partial charge is 0.272 e. The standard InChI is InChI=1S/C22H30N4O5/c1-3-10-23-20(27)17-6-4-11-24(14-17)22(29)19-7-5-12-25(19)21(28)16-8-9-18(26(30)31)15(2)13-16/h8-9,13,17,19H,3-7,10-12,14H2,1-2H3,(H,23,27). The van der Waals surface area contributed by atoms with Crippen molar-refractivity contribution in [3.63, 3.8) is 0 Å². The first kappa shape index (κ1) is 22.7. The molecule has 1 N–H and O–H groups in total. The van der Waals surface area contributed by atoms with Crippen molar-refractivity contribution in [3.8, 4) is 0 Å². The van der Waals surface area contributed by atoms with E-state index in [1.807, 2.05) is 6.92 Å². The Hall–Kier alpha value is -2.97. The van der Waals surface area contributed by atoms with Gasteiger partial charge in [-0.15, -0.1) is 0 Å². The SMILES string of the molecule is CCCNC(=O)C1CCCN(C(=O)C2CCCN2C(=O)c2ccc([N+](=O)[O-])c(C)c2)C1. The number of nitrogens with one attached hydrogen (secondary N) is 1. The van der Waals surface area contributed by atoms with Crippen LogP contribution in [-0.2, 0) is 9.59 Å². The molecule has 2 fully saturated rings. The van der Waals surface area contributed by atoms with Crippen LogP contribution in [0.2, 0.25) is 0 Å². The maximum atomic E-state index is 13.3. The van der Waals surface area contributed by atoms with Crippen LogP contribution in [0.25, 0.3) is 0 Å². The van der Waals surface area contributed by atoms with E-state index < -0.39 is 11.0 Å². The lowest BCUT2D eigenvalue weighted by molar-refractivity contribution is -0.385. The molecule has 1 aromatic carbocycles. The third kappa shape index (κ3) is 5.03. The van der Waals surface area contributed by atoms with Crippen molar-refractivity contribution < 1.29 is 19.3 Å². The van der Waals surface area contributed by atoms with Crippen molar-refractivity contribution in [3.05, 3.63) is 39.4 Å². The van der Waals surface area contributed by atoms with Gasteiger partial charge in [-0.2, -0.15) is 0 Å². The minimum absolute atomic E-state index is 0.0138. The number of nitro benzene ring substituents is 1. The van der Waals surface area contributed by atoms with Gasteiger partial charge < -0.3 is 15.1 Å². The summed E-state index contributed by atoms with van der Waals surface area (Å²) in [5.41, 5.74) is 0.722. The van der Waals surface area contributed by atoms with Crippen LogP contribution in [0.1, 0.15) is 54.9 Å². The highest BCUT2D eigenvalue weighted by Gasteiger charge is 2.39. The predicted molar refractivity (Wildman–Crippen MR) is 114 cm³/mol. The Kier molecular flexibility index (Phi) is 7.25. The Balaban J connectivity index is 1.70. The maximum Gasteiger partial charge on any atom is 0.272 e. The summed E-state index contributed by atoms with van der Waals surface area (Å²) >= 11 is 0. The number of carbonyl (C=O) groups excluding carboxylic acids is 3. The van der Waals surface area contributed by atoms with Gasteiger partial charge in [-0.1, -0.05) is 6.92 Å². The van der Waals surface area contributed by atoms with Crippen LogP contribution in [0.3, 0.4) is 0 Å². The average molecular weight is 431 g/mol. The highest BCUT2D eigenvalue weighted by Crippen LogP contribution is 2.26. The molecule has 2 unspecified atom stereocenters. The van der Waals surface area contributed by atoms with Crippen molar-refractivity contribution in [2.45, 2.75) is 52.0 Å². The highest BCUT2D eigenvalue weighted by atomic mass is 16.6. The monoisotopic (exact) mass is 430 g/mol. The molecule has 0 saturated carbocycles. The van der Waals surface area contributed by atoms with E-state index in [4.69, 9.17) is 0 Å². The number of carbonyl (C=O) groups is 3. The zero-order chi connectivity index (χ0) is 22.5. The molecule has 9 heteroatoms. The fourth-order valence-corrected chi connectivity index (χ4v) is 4.42. The fraction of sp³-hybridized carbons (Fsp3) is 0.591. The second kappa shape index (κ2) is 9.89. The number of amides is 3. The molecular formula is C22H30N4O5. The minimum Gasteiger partial charge on any atom is -0.356 e. The molecule has 0 aliphatic carbocycles. The van der Waals surface area contributed by atoms with Crippen molar-refractivity contribution in [1.82, 2.24) is 15.1 Å². The molecule has 31 heavy (non-hydrogen) atoms. The highest BCUT2D eigenvalue weighted by molar-refractivity contribution is 5.98. The Morgan fingerprint density at radius 2 is 1.94 bits per heavy atom. The quantitative estimate of drug-likeness (QED) is 0.549. The number of piperidine rings is 1. The van der Waals surface area contributed by atoms with Gasteiger partial charge in [0.15, 0.2) is 0 Å². The predicted octanol–water partition coefficient (Wildman–Crippen LogP) is 2.27. The molecule has 2 heterocycles. The van der Waals surface area contributed by atoms with E-state index >= 15 is 0 Å². The Bertz CT molecular complexity index is 871. The average Bonchev–Trinajstić information content (AvgIpc) is 3.26. The second-order valence-corrected chi connectivity index (χ2v) is 8.33. The van der Waals surface area contributed by atoms with E-state index in [-0.39, 0.29) is 29.3 Å². The number of hydrogen-bond acceptors (Lipinski definition) is 5. The molecule has 9 nitrogen and oxygen atoms in total. The molecule has 2 aliphatic heterocycles. The van der Waals surface area contributed by atoms with Crippen LogP contribution >= 0.6 is 0 Å². The summed E-state index contributed by atoms with van der Waals surface area (Å²) < 4.78 is 0. The molecule has 1 aromatic rings. The van der Waals surface area contributed by atoms with E-state index in [0.717, 1.165) is 25.7 Å². The van der Waals surface area contributed by atoms with Crippen LogP contribution < -0.4 is 5.32 Å². The number of hydrogen-bond donors (Lipinski definition) is 1. The number of nitro groups is 1. The van der Waals surface area contributed by atoms with Crippen molar-refractivity contribution in [2.75, 3.05) is 26.2 Å². The summed E-state index contributed by atoms with van der Waals surface area (Å²) in [6.07, 6.45) is 3.69. The first-order chi connectivity index (χ1) is 14.8. The Labute approximate surface area is 181 Å². The van der Waals surface area contributed by atoms with Crippen molar-refractivity contribution in [1.29, 1.82) is 0 Å². The Morgan fingerprint density at radius 3 is 2.61 bits per heavy atom. The zero-order valence-electron chi connectivity index (χ0n) is 18.1. The largest absolute Gasteiger partial charge is 0.356 e. The summed E-state index contributed by atoms with van der Waals surface area (Å²) in [4.78, 5) is 52.5. The van der Waals surface area contributed by atoms with Gasteiger partial charge in [0.2, 0.25) is 11.8 Å². The summed E-state index contributed by atoms with van der Waals surface area (Å²) in [5, 5.41) is 13.9. The van der Waals surface area contributed by atoms with Crippen molar-refractivity contribution in [2.24, 2.45) is 5.92 Å². The zero-order valence-corrected chi connectivity index (χ0v) is 18.1. The maximum absolute atomic E-state index is 13.3. The van der Waals surface area contributed by atoms with Gasteiger partial charge in [-0.25, -0.2) is 0 Å². The third-order valence-corrected chi connectivity index (χ3v) is 6.09. The molecule has 2 saturated heterocycles. The van der Waals surface area contributed by atoms with Gasteiger partial charge in [-0.05, 0) is 51.2 Å². The van der Waals surface area contributed by atoms with Gasteiger partial charge in [0.05, 0.1) is 10.8 Å². The molecule has 0 aromatic heterocycles. The van der Waals surface area contributed by atoms with E-state index in [1.54, 1.807) is 16.7 Å². The molecule has 3 amide bonds. The molecule has 3 rings (SSSR count). The molecule has 2 aliphatic rings. The van der Waals surface area contributed by atoms with Crippen molar-refractivity contribution >= 4 is 23.4 Å². The lowest BCUT2D eigenvalue weighted by Gasteiger charge is -2.35. The lowest BCUT2D eigenvalue weighted by atomic mass is 9.96. The van der Waals surface area contributed by atoms with Crippen LogP contribution in [-0.4, -0.2) is 64.7 Å². The molecular weight excluding hydrogens is 400 g/mol. The second-order valence-electron chi connectivity index (χ2n) is 8.33. The molecule has 168 valence electrons. The van der Waals surface area contributed by atoms with Crippen LogP contribution in [0, 0.1) is 23.0 Å². The van der Waals surface area contributed by atoms with Crippen LogP contribution in [0.5, 0.6) is 0 Å². The van der Waals surface area contributed by atoms with Gasteiger partial charge >= 0.3 is 0 Å². The third-order valence-electron chi connectivity index (χ3n) is 6.09. The summed E-state index contributed by atoms with van der Waals surface area (Å²) in [6.45, 7) is 5.66. The van der Waals surface area contributed by atoms with Gasteiger partial charge in [-0.3, -0.25) is 24.5 Å². The number of nitrogens with zero attached hydrogens (tertiary/aromatic N) is 3. The minimum atomic E-state index is -0.555. The van der Waals surface area contributed by atoms with E-state index in [1.165, 1.54) is 18.2 Å². The van der Waals surface area contributed by atoms with Gasteiger partial charge in [0.25, 0.3) is 11.6 Å². The summed E-state index contributed by atoms with van der Waals surface area (Å²) in [7, 11) is 0. The topological polar surface area (TPSA) is 113 Å². The molecule has 2 atom stereocenters. The fourth-order valence-electron chi connectivity index (χ4n) is 4.42. The number of benzene rings is 1. The normalized spacial score (nSPS) is 21.1. The van der Waals surface area contributed by atoms with Gasteiger partial charge in [0.1, 0.15) is 6.04 Å². The van der Waals surface area contributed by atoms with Gasteiger partial charge in [0, 0.05) is 43.4 Å². The molecule has 0 bridgehead atoms. The molecule has 0 radical (unpaired) electrons. The number of likely N-dealkylation sites (tertiary alicyclic amines) is 2. The van der Waals surface area contributed by atoms with Crippen LogP contribution in [0.15, 0.2) is 18.2 Å². The summed E-state index contributed by atoms with van der Waals surface area (Å²) in [6, 6.07) is 3.73. The summed E-state index contributed by atoms with van der Waals surface area (Å²) in [5.74, 6) is -0.632.